The van der Waals surface area contributed by atoms with E-state index in [1.807, 2.05) is 6.92 Å². The van der Waals surface area contributed by atoms with Crippen LogP contribution in [0.25, 0.3) is 0 Å². The first-order valence-corrected chi connectivity index (χ1v) is 7.41. The number of hydrogen-bond acceptors (Lipinski definition) is 4. The summed E-state index contributed by atoms with van der Waals surface area (Å²) in [5, 5.41) is 0. The number of hydrogen-bond donors (Lipinski definition) is 0. The molecule has 0 aromatic heterocycles. The average molecular weight is 271 g/mol. The number of carbonyl (C=O) groups excluding carboxylic acids is 1. The van der Waals surface area contributed by atoms with E-state index in [0.717, 1.165) is 6.26 Å². The van der Waals surface area contributed by atoms with E-state index >= 15 is 0 Å². The normalized spacial score (nSPS) is 11.1. The van der Waals surface area contributed by atoms with Crippen LogP contribution in [0.5, 0.6) is 0 Å². The van der Waals surface area contributed by atoms with E-state index in [-0.39, 0.29) is 0 Å². The van der Waals surface area contributed by atoms with Gasteiger partial charge in [0.05, 0.1) is 24.6 Å². The summed E-state index contributed by atoms with van der Waals surface area (Å²) in [6, 6.07) is 6.39. The minimum absolute atomic E-state index is 0.333. The highest BCUT2D eigenvalue weighted by molar-refractivity contribution is 7.92. The predicted molar refractivity (Wildman–Crippen MR) is 70.3 cm³/mol. The summed E-state index contributed by atoms with van der Waals surface area (Å²) in [5.74, 6) is -0.484. The molecule has 0 atom stereocenters. The Kier molecular flexibility index (Phi) is 4.72. The number of benzene rings is 1. The van der Waals surface area contributed by atoms with Gasteiger partial charge in [-0.05, 0) is 24.6 Å². The quantitative estimate of drug-likeness (QED) is 0.764. The summed E-state index contributed by atoms with van der Waals surface area (Å²) in [6.45, 7) is 2.27. The number of rotatable bonds is 5. The maximum Gasteiger partial charge on any atom is 0.337 e. The monoisotopic (exact) mass is 271 g/mol. The highest BCUT2D eigenvalue weighted by Crippen LogP contribution is 2.19. The van der Waals surface area contributed by atoms with Crippen LogP contribution in [-0.2, 0) is 14.8 Å². The molecular weight excluding hydrogens is 254 g/mol. The van der Waals surface area contributed by atoms with Gasteiger partial charge in [0, 0.05) is 6.54 Å². The maximum absolute atomic E-state index is 11.7. The fraction of sp³-hybridized carbons (Fsp3) is 0.417. The molecule has 0 saturated heterocycles. The smallest absolute Gasteiger partial charge is 0.337 e. The molecule has 6 heteroatoms. The lowest BCUT2D eigenvalue weighted by Crippen LogP contribution is -2.30. The second-order valence-corrected chi connectivity index (χ2v) is 5.78. The molecule has 1 aromatic carbocycles. The van der Waals surface area contributed by atoms with Crippen LogP contribution >= 0.6 is 0 Å². The van der Waals surface area contributed by atoms with Crippen LogP contribution in [-0.4, -0.2) is 34.3 Å². The van der Waals surface area contributed by atoms with E-state index in [2.05, 4.69) is 4.74 Å². The average Bonchev–Trinajstić information content (AvgIpc) is 2.33. The molecule has 0 saturated carbocycles. The molecule has 0 radical (unpaired) electrons. The van der Waals surface area contributed by atoms with Gasteiger partial charge in [0.1, 0.15) is 0 Å². The summed E-state index contributed by atoms with van der Waals surface area (Å²) in [5.41, 5.74) is 0.807. The third-order valence-corrected chi connectivity index (χ3v) is 3.58. The number of nitrogens with zero attached hydrogens (tertiary/aromatic N) is 1. The molecule has 0 heterocycles. The van der Waals surface area contributed by atoms with Crippen LogP contribution in [0.2, 0.25) is 0 Å². The van der Waals surface area contributed by atoms with Gasteiger partial charge in [0.25, 0.3) is 0 Å². The molecule has 0 spiro atoms. The van der Waals surface area contributed by atoms with Gasteiger partial charge in [-0.2, -0.15) is 0 Å². The highest BCUT2D eigenvalue weighted by atomic mass is 32.2. The van der Waals surface area contributed by atoms with Gasteiger partial charge < -0.3 is 4.74 Å². The molecular formula is C12H17NO4S. The van der Waals surface area contributed by atoms with Crippen LogP contribution in [0.4, 0.5) is 5.69 Å². The SMILES string of the molecule is CCCN(c1cccc(C(=O)OC)c1)S(C)(=O)=O. The molecule has 1 rings (SSSR count). The molecule has 100 valence electrons. The Bertz CT molecular complexity index is 525. The van der Waals surface area contributed by atoms with Crippen molar-refractivity contribution in [3.8, 4) is 0 Å². The zero-order valence-electron chi connectivity index (χ0n) is 10.7. The van der Waals surface area contributed by atoms with Crippen LogP contribution < -0.4 is 4.31 Å². The van der Waals surface area contributed by atoms with Crippen molar-refractivity contribution >= 4 is 21.7 Å². The minimum Gasteiger partial charge on any atom is -0.465 e. The number of anilines is 1. The van der Waals surface area contributed by atoms with Gasteiger partial charge in [-0.15, -0.1) is 0 Å². The summed E-state index contributed by atoms with van der Waals surface area (Å²) < 4.78 is 29.3. The van der Waals surface area contributed by atoms with E-state index in [9.17, 15) is 13.2 Å². The van der Waals surface area contributed by atoms with Crippen molar-refractivity contribution < 1.29 is 17.9 Å². The number of sulfonamides is 1. The molecule has 5 nitrogen and oxygen atoms in total. The molecule has 1 aromatic rings. The standard InChI is InChI=1S/C12H17NO4S/c1-4-8-13(18(3,15)16)11-7-5-6-10(9-11)12(14)17-2/h5-7,9H,4,8H2,1-3H3. The van der Waals surface area contributed by atoms with E-state index in [1.165, 1.54) is 17.5 Å². The van der Waals surface area contributed by atoms with Crippen LogP contribution in [0, 0.1) is 0 Å². The fourth-order valence-corrected chi connectivity index (χ4v) is 2.61. The van der Waals surface area contributed by atoms with Crippen molar-refractivity contribution in [1.29, 1.82) is 0 Å². The van der Waals surface area contributed by atoms with Crippen molar-refractivity contribution in [2.75, 3.05) is 24.2 Å². The van der Waals surface area contributed by atoms with Gasteiger partial charge in [-0.3, -0.25) is 4.31 Å². The number of carbonyl (C=O) groups is 1. The van der Waals surface area contributed by atoms with E-state index in [0.29, 0.717) is 24.2 Å². The summed E-state index contributed by atoms with van der Waals surface area (Å²) in [6.07, 6.45) is 1.84. The molecule has 0 bridgehead atoms. The lowest BCUT2D eigenvalue weighted by molar-refractivity contribution is 0.0600. The zero-order valence-corrected chi connectivity index (χ0v) is 11.5. The molecule has 0 unspecified atom stereocenters. The van der Waals surface area contributed by atoms with Crippen molar-refractivity contribution in [3.05, 3.63) is 29.8 Å². The van der Waals surface area contributed by atoms with Crippen molar-refractivity contribution in [2.24, 2.45) is 0 Å². The minimum atomic E-state index is -3.35. The molecule has 0 aliphatic heterocycles. The van der Waals surface area contributed by atoms with E-state index < -0.39 is 16.0 Å². The van der Waals surface area contributed by atoms with Gasteiger partial charge in [-0.25, -0.2) is 13.2 Å². The van der Waals surface area contributed by atoms with Crippen molar-refractivity contribution in [2.45, 2.75) is 13.3 Å². The maximum atomic E-state index is 11.7. The molecule has 0 N–H and O–H groups in total. The number of methoxy groups -OCH3 is 1. The Hall–Kier alpha value is -1.56. The van der Waals surface area contributed by atoms with Crippen LogP contribution in [0.15, 0.2) is 24.3 Å². The van der Waals surface area contributed by atoms with Gasteiger partial charge >= 0.3 is 5.97 Å². The third-order valence-electron chi connectivity index (χ3n) is 2.38. The lowest BCUT2D eigenvalue weighted by atomic mass is 10.2. The number of ether oxygens (including phenoxy) is 1. The number of esters is 1. The Balaban J connectivity index is 3.18. The van der Waals surface area contributed by atoms with Crippen LogP contribution in [0.3, 0.4) is 0 Å². The molecule has 0 amide bonds. The largest absolute Gasteiger partial charge is 0.465 e. The third kappa shape index (κ3) is 3.46. The summed E-state index contributed by atoms with van der Waals surface area (Å²) in [4.78, 5) is 11.4. The second kappa shape index (κ2) is 5.86. The zero-order chi connectivity index (χ0) is 13.8. The first-order valence-electron chi connectivity index (χ1n) is 5.56. The van der Waals surface area contributed by atoms with Gasteiger partial charge in [-0.1, -0.05) is 13.0 Å². The van der Waals surface area contributed by atoms with Crippen LogP contribution in [0.1, 0.15) is 23.7 Å². The molecule has 18 heavy (non-hydrogen) atoms. The van der Waals surface area contributed by atoms with E-state index in [4.69, 9.17) is 0 Å². The first-order chi connectivity index (χ1) is 8.40. The second-order valence-electron chi connectivity index (χ2n) is 3.88. The van der Waals surface area contributed by atoms with Gasteiger partial charge in [0.15, 0.2) is 0 Å². The first kappa shape index (κ1) is 14.5. The fourth-order valence-electron chi connectivity index (χ4n) is 1.60. The molecule has 0 aliphatic carbocycles. The Morgan fingerprint density at radius 1 is 1.39 bits per heavy atom. The highest BCUT2D eigenvalue weighted by Gasteiger charge is 2.17. The molecule has 0 aliphatic rings. The predicted octanol–water partition coefficient (Wildman–Crippen LogP) is 1.65. The van der Waals surface area contributed by atoms with Crippen molar-refractivity contribution in [3.63, 3.8) is 0 Å². The summed E-state index contributed by atoms with van der Waals surface area (Å²) in [7, 11) is -2.06. The van der Waals surface area contributed by atoms with Crippen molar-refractivity contribution in [1.82, 2.24) is 0 Å². The topological polar surface area (TPSA) is 63.7 Å². The summed E-state index contributed by atoms with van der Waals surface area (Å²) >= 11 is 0. The Labute approximate surface area is 107 Å². The Morgan fingerprint density at radius 2 is 2.06 bits per heavy atom. The van der Waals surface area contributed by atoms with E-state index in [1.54, 1.807) is 18.2 Å². The molecule has 0 fully saturated rings. The Morgan fingerprint density at radius 3 is 2.56 bits per heavy atom. The lowest BCUT2D eigenvalue weighted by Gasteiger charge is -2.22. The van der Waals surface area contributed by atoms with Gasteiger partial charge in [0.2, 0.25) is 10.0 Å².